The molecule has 1 amide bonds. The monoisotopic (exact) mass is 365 g/mol. The summed E-state index contributed by atoms with van der Waals surface area (Å²) in [6.45, 7) is 3.46. The fraction of sp³-hybridized carbons (Fsp3) is 0.143. The van der Waals surface area contributed by atoms with E-state index >= 15 is 0 Å². The van der Waals surface area contributed by atoms with Gasteiger partial charge in [-0.2, -0.15) is 0 Å². The Labute approximate surface area is 156 Å². The Morgan fingerprint density at radius 3 is 2.19 bits per heavy atom. The van der Waals surface area contributed by atoms with Gasteiger partial charge in [0.2, 0.25) is 5.91 Å². The van der Waals surface area contributed by atoms with Gasteiger partial charge in [0.1, 0.15) is 10.6 Å². The molecule has 3 rings (SSSR count). The summed E-state index contributed by atoms with van der Waals surface area (Å²) in [7, 11) is 0. The van der Waals surface area contributed by atoms with Crippen molar-refractivity contribution in [2.45, 2.75) is 13.8 Å². The molecule has 0 aliphatic rings. The minimum atomic E-state index is -0.431. The maximum absolute atomic E-state index is 12.4. The number of benzene rings is 2. The SMILES string of the molecule is CCOC(=O)c1c(-c2ccc(-c3ccccc3)cc2)csc1NC(C)=O. The second kappa shape index (κ2) is 7.97. The zero-order valence-corrected chi connectivity index (χ0v) is 15.4. The van der Waals surface area contributed by atoms with E-state index in [4.69, 9.17) is 4.74 Å². The molecule has 0 aliphatic heterocycles. The first-order valence-electron chi connectivity index (χ1n) is 8.32. The average molecular weight is 365 g/mol. The second-order valence-electron chi connectivity index (χ2n) is 5.70. The summed E-state index contributed by atoms with van der Waals surface area (Å²) in [5.41, 5.74) is 4.30. The van der Waals surface area contributed by atoms with E-state index in [2.05, 4.69) is 17.4 Å². The highest BCUT2D eigenvalue weighted by Crippen LogP contribution is 2.37. The summed E-state index contributed by atoms with van der Waals surface area (Å²) in [5, 5.41) is 5.10. The van der Waals surface area contributed by atoms with Crippen LogP contribution in [0.4, 0.5) is 5.00 Å². The van der Waals surface area contributed by atoms with Crippen LogP contribution >= 0.6 is 11.3 Å². The molecule has 0 saturated heterocycles. The smallest absolute Gasteiger partial charge is 0.341 e. The van der Waals surface area contributed by atoms with Crippen LogP contribution in [0.15, 0.2) is 60.0 Å². The fourth-order valence-electron chi connectivity index (χ4n) is 2.70. The van der Waals surface area contributed by atoms with Crippen LogP contribution in [0.5, 0.6) is 0 Å². The van der Waals surface area contributed by atoms with Gasteiger partial charge >= 0.3 is 5.97 Å². The van der Waals surface area contributed by atoms with Crippen LogP contribution in [0.3, 0.4) is 0 Å². The van der Waals surface area contributed by atoms with Gasteiger partial charge in [-0.25, -0.2) is 4.79 Å². The molecule has 0 spiro atoms. The Morgan fingerprint density at radius 2 is 1.58 bits per heavy atom. The molecule has 0 unspecified atom stereocenters. The molecular formula is C21H19NO3S. The highest BCUT2D eigenvalue weighted by atomic mass is 32.1. The summed E-state index contributed by atoms with van der Waals surface area (Å²) in [6.07, 6.45) is 0. The van der Waals surface area contributed by atoms with Crippen molar-refractivity contribution in [1.29, 1.82) is 0 Å². The van der Waals surface area contributed by atoms with Gasteiger partial charge in [-0.05, 0) is 23.6 Å². The summed E-state index contributed by atoms with van der Waals surface area (Å²) >= 11 is 1.32. The first-order chi connectivity index (χ1) is 12.6. The summed E-state index contributed by atoms with van der Waals surface area (Å²) in [4.78, 5) is 23.9. The molecule has 3 aromatic rings. The molecule has 4 nitrogen and oxygen atoms in total. The third-order valence-corrected chi connectivity index (χ3v) is 4.76. The van der Waals surface area contributed by atoms with E-state index in [1.165, 1.54) is 18.3 Å². The van der Waals surface area contributed by atoms with Crippen molar-refractivity contribution < 1.29 is 14.3 Å². The van der Waals surface area contributed by atoms with Crippen molar-refractivity contribution in [2.24, 2.45) is 0 Å². The largest absolute Gasteiger partial charge is 0.462 e. The summed E-state index contributed by atoms with van der Waals surface area (Å²) in [6, 6.07) is 18.1. The van der Waals surface area contributed by atoms with Crippen LogP contribution in [-0.2, 0) is 9.53 Å². The third kappa shape index (κ3) is 3.83. The molecule has 0 bridgehead atoms. The predicted molar refractivity (Wildman–Crippen MR) is 105 cm³/mol. The lowest BCUT2D eigenvalue weighted by atomic mass is 9.99. The molecule has 26 heavy (non-hydrogen) atoms. The van der Waals surface area contributed by atoms with Crippen LogP contribution in [0.2, 0.25) is 0 Å². The van der Waals surface area contributed by atoms with Crippen LogP contribution < -0.4 is 5.32 Å². The number of anilines is 1. The van der Waals surface area contributed by atoms with E-state index in [-0.39, 0.29) is 12.5 Å². The van der Waals surface area contributed by atoms with E-state index in [9.17, 15) is 9.59 Å². The highest BCUT2D eigenvalue weighted by molar-refractivity contribution is 7.15. The standard InChI is InChI=1S/C21H19NO3S/c1-3-25-21(24)19-18(13-26-20(19)22-14(2)23)17-11-9-16(10-12-17)15-7-5-4-6-8-15/h4-13H,3H2,1-2H3,(H,22,23). The lowest BCUT2D eigenvalue weighted by molar-refractivity contribution is -0.114. The number of ether oxygens (including phenoxy) is 1. The Bertz CT molecular complexity index is 914. The van der Waals surface area contributed by atoms with Crippen LogP contribution in [-0.4, -0.2) is 18.5 Å². The molecule has 0 radical (unpaired) electrons. The van der Waals surface area contributed by atoms with Crippen molar-refractivity contribution in [3.8, 4) is 22.3 Å². The first-order valence-corrected chi connectivity index (χ1v) is 9.20. The second-order valence-corrected chi connectivity index (χ2v) is 6.58. The van der Waals surface area contributed by atoms with Gasteiger partial charge in [0.25, 0.3) is 0 Å². The third-order valence-electron chi connectivity index (χ3n) is 3.86. The maximum Gasteiger partial charge on any atom is 0.341 e. The minimum absolute atomic E-state index is 0.219. The summed E-state index contributed by atoms with van der Waals surface area (Å²) < 4.78 is 5.18. The molecule has 132 valence electrons. The van der Waals surface area contributed by atoms with Crippen molar-refractivity contribution in [3.05, 3.63) is 65.5 Å². The topological polar surface area (TPSA) is 55.4 Å². The molecule has 0 aliphatic carbocycles. The number of nitrogens with one attached hydrogen (secondary N) is 1. The normalized spacial score (nSPS) is 10.4. The van der Waals surface area contributed by atoms with Crippen LogP contribution in [0.1, 0.15) is 24.2 Å². The molecular weight excluding hydrogens is 346 g/mol. The van der Waals surface area contributed by atoms with Gasteiger partial charge in [0, 0.05) is 17.9 Å². The number of amides is 1. The van der Waals surface area contributed by atoms with Crippen molar-refractivity contribution in [1.82, 2.24) is 0 Å². The van der Waals surface area contributed by atoms with Gasteiger partial charge in [0.15, 0.2) is 0 Å². The highest BCUT2D eigenvalue weighted by Gasteiger charge is 2.22. The van der Waals surface area contributed by atoms with Gasteiger partial charge < -0.3 is 10.1 Å². The Balaban J connectivity index is 1.99. The Morgan fingerprint density at radius 1 is 0.962 bits per heavy atom. The van der Waals surface area contributed by atoms with E-state index in [0.29, 0.717) is 10.6 Å². The lowest BCUT2D eigenvalue weighted by Gasteiger charge is -2.08. The molecule has 0 saturated carbocycles. The zero-order valence-electron chi connectivity index (χ0n) is 14.6. The minimum Gasteiger partial charge on any atom is -0.462 e. The van der Waals surface area contributed by atoms with Crippen molar-refractivity contribution in [3.63, 3.8) is 0 Å². The number of rotatable bonds is 5. The lowest BCUT2D eigenvalue weighted by Crippen LogP contribution is -2.11. The zero-order chi connectivity index (χ0) is 18.5. The van der Waals surface area contributed by atoms with Gasteiger partial charge in [-0.15, -0.1) is 11.3 Å². The molecule has 1 heterocycles. The first kappa shape index (κ1) is 17.9. The average Bonchev–Trinajstić information content (AvgIpc) is 3.06. The number of hydrogen-bond donors (Lipinski definition) is 1. The van der Waals surface area contributed by atoms with E-state index in [0.717, 1.165) is 22.3 Å². The number of hydrogen-bond acceptors (Lipinski definition) is 4. The number of carbonyl (C=O) groups excluding carboxylic acids is 2. The van der Waals surface area contributed by atoms with Gasteiger partial charge in [0.05, 0.1) is 6.61 Å². The summed E-state index contributed by atoms with van der Waals surface area (Å²) in [5.74, 6) is -0.650. The molecule has 1 N–H and O–H groups in total. The van der Waals surface area contributed by atoms with Crippen LogP contribution in [0.25, 0.3) is 22.3 Å². The van der Waals surface area contributed by atoms with E-state index < -0.39 is 5.97 Å². The molecule has 0 fully saturated rings. The number of esters is 1. The predicted octanol–water partition coefficient (Wildman–Crippen LogP) is 5.22. The quantitative estimate of drug-likeness (QED) is 0.631. The number of thiophene rings is 1. The molecule has 0 atom stereocenters. The maximum atomic E-state index is 12.4. The Hall–Kier alpha value is -2.92. The molecule has 5 heteroatoms. The van der Waals surface area contributed by atoms with E-state index in [1.807, 2.05) is 47.8 Å². The van der Waals surface area contributed by atoms with Crippen molar-refractivity contribution in [2.75, 3.05) is 11.9 Å². The fourth-order valence-corrected chi connectivity index (χ4v) is 3.70. The van der Waals surface area contributed by atoms with Crippen molar-refractivity contribution >= 4 is 28.2 Å². The van der Waals surface area contributed by atoms with Crippen LogP contribution in [0, 0.1) is 0 Å². The van der Waals surface area contributed by atoms with Gasteiger partial charge in [-0.3, -0.25) is 4.79 Å². The Kier molecular flexibility index (Phi) is 5.49. The van der Waals surface area contributed by atoms with Gasteiger partial charge in [-0.1, -0.05) is 54.6 Å². The van der Waals surface area contributed by atoms with E-state index in [1.54, 1.807) is 6.92 Å². The molecule has 2 aromatic carbocycles. The molecule has 1 aromatic heterocycles. The number of carbonyl (C=O) groups is 2.